The second-order valence-electron chi connectivity index (χ2n) is 6.43. The third-order valence-corrected chi connectivity index (χ3v) is 4.60. The van der Waals surface area contributed by atoms with Gasteiger partial charge in [-0.2, -0.15) is 0 Å². The van der Waals surface area contributed by atoms with Gasteiger partial charge in [0.2, 0.25) is 5.91 Å². The Morgan fingerprint density at radius 2 is 2.24 bits per heavy atom. The van der Waals surface area contributed by atoms with Crippen molar-refractivity contribution in [1.29, 1.82) is 0 Å². The number of rotatable bonds is 7. The van der Waals surface area contributed by atoms with Gasteiger partial charge in [0, 0.05) is 31.8 Å². The predicted molar refractivity (Wildman–Crippen MR) is 90.4 cm³/mol. The first-order valence-corrected chi connectivity index (χ1v) is 8.69. The topological polar surface area (TPSA) is 88.1 Å². The van der Waals surface area contributed by atoms with Crippen LogP contribution in [0.25, 0.3) is 0 Å². The van der Waals surface area contributed by atoms with Crippen molar-refractivity contribution in [1.82, 2.24) is 10.2 Å². The summed E-state index contributed by atoms with van der Waals surface area (Å²) in [5.41, 5.74) is 0.950. The number of ether oxygens (including phenoxy) is 2. The molecule has 0 bridgehead atoms. The minimum Gasteiger partial charge on any atom is -0.491 e. The number of benzene rings is 1. The molecule has 136 valence electrons. The quantitative estimate of drug-likeness (QED) is 0.765. The van der Waals surface area contributed by atoms with Crippen LogP contribution in [0.4, 0.5) is 0 Å². The third-order valence-electron chi connectivity index (χ3n) is 4.60. The van der Waals surface area contributed by atoms with Crippen molar-refractivity contribution >= 4 is 11.9 Å². The smallest absolute Gasteiger partial charge is 0.305 e. The highest BCUT2D eigenvalue weighted by Gasteiger charge is 2.32. The molecule has 2 aliphatic rings. The number of carbonyl (C=O) groups is 2. The van der Waals surface area contributed by atoms with Gasteiger partial charge in [-0.1, -0.05) is 18.2 Å². The summed E-state index contributed by atoms with van der Waals surface area (Å²) >= 11 is 0. The van der Waals surface area contributed by atoms with Gasteiger partial charge < -0.3 is 19.9 Å². The largest absolute Gasteiger partial charge is 0.491 e. The van der Waals surface area contributed by atoms with Gasteiger partial charge in [-0.25, -0.2) is 0 Å². The molecular weight excluding hydrogens is 324 g/mol. The molecule has 2 N–H and O–H groups in total. The lowest BCUT2D eigenvalue weighted by Gasteiger charge is -2.34. The molecular formula is C18H24N2O5. The number of carboxylic acid groups (broad SMARTS) is 1. The summed E-state index contributed by atoms with van der Waals surface area (Å²) in [6.07, 6.45) is 2.00. The molecule has 1 aromatic rings. The number of para-hydroxylation sites is 1. The number of piperazine rings is 1. The summed E-state index contributed by atoms with van der Waals surface area (Å²) < 4.78 is 11.5. The highest BCUT2D eigenvalue weighted by Crippen LogP contribution is 2.23. The van der Waals surface area contributed by atoms with E-state index in [-0.39, 0.29) is 18.4 Å². The van der Waals surface area contributed by atoms with E-state index in [9.17, 15) is 9.59 Å². The molecule has 2 unspecified atom stereocenters. The fourth-order valence-electron chi connectivity index (χ4n) is 3.29. The van der Waals surface area contributed by atoms with E-state index in [1.165, 1.54) is 0 Å². The van der Waals surface area contributed by atoms with Crippen molar-refractivity contribution in [3.63, 3.8) is 0 Å². The number of carboxylic acids is 1. The van der Waals surface area contributed by atoms with Crippen LogP contribution < -0.4 is 10.1 Å². The Bertz CT molecular complexity index is 615. The number of aliphatic carboxylic acids is 1. The molecule has 0 radical (unpaired) electrons. The molecule has 2 fully saturated rings. The molecule has 3 rings (SSSR count). The van der Waals surface area contributed by atoms with Gasteiger partial charge in [-0.15, -0.1) is 0 Å². The number of amides is 1. The van der Waals surface area contributed by atoms with E-state index >= 15 is 0 Å². The molecule has 7 heteroatoms. The van der Waals surface area contributed by atoms with E-state index in [1.54, 1.807) is 0 Å². The first kappa shape index (κ1) is 17.7. The maximum Gasteiger partial charge on any atom is 0.305 e. The second-order valence-corrected chi connectivity index (χ2v) is 6.43. The van der Waals surface area contributed by atoms with Crippen LogP contribution >= 0.6 is 0 Å². The molecule has 2 heterocycles. The van der Waals surface area contributed by atoms with E-state index in [0.717, 1.165) is 30.8 Å². The van der Waals surface area contributed by atoms with Crippen molar-refractivity contribution < 1.29 is 24.2 Å². The lowest BCUT2D eigenvalue weighted by molar-refractivity contribution is -0.143. The van der Waals surface area contributed by atoms with E-state index in [1.807, 2.05) is 29.2 Å². The SMILES string of the molecule is O=C(O)CC1C(=O)NCCN1Cc1ccccc1OCC1CCCO1. The Hall–Kier alpha value is -2.12. The highest BCUT2D eigenvalue weighted by atomic mass is 16.5. The van der Waals surface area contributed by atoms with Crippen LogP contribution in [-0.4, -0.2) is 60.3 Å². The third kappa shape index (κ3) is 4.70. The Morgan fingerprint density at radius 3 is 3.00 bits per heavy atom. The van der Waals surface area contributed by atoms with Crippen LogP contribution in [0.3, 0.4) is 0 Å². The molecule has 2 aliphatic heterocycles. The van der Waals surface area contributed by atoms with Crippen molar-refractivity contribution in [2.75, 3.05) is 26.3 Å². The zero-order valence-electron chi connectivity index (χ0n) is 14.1. The van der Waals surface area contributed by atoms with Gasteiger partial charge in [0.15, 0.2) is 0 Å². The van der Waals surface area contributed by atoms with Crippen molar-refractivity contribution in [3.05, 3.63) is 29.8 Å². The van der Waals surface area contributed by atoms with Gasteiger partial charge in [-0.3, -0.25) is 14.5 Å². The van der Waals surface area contributed by atoms with Gasteiger partial charge in [0.25, 0.3) is 0 Å². The Morgan fingerprint density at radius 1 is 1.40 bits per heavy atom. The number of carbonyl (C=O) groups excluding carboxylic acids is 1. The van der Waals surface area contributed by atoms with Crippen molar-refractivity contribution in [2.45, 2.75) is 38.0 Å². The summed E-state index contributed by atoms with van der Waals surface area (Å²) in [5.74, 6) is -0.445. The van der Waals surface area contributed by atoms with Gasteiger partial charge in [0.1, 0.15) is 18.4 Å². The lowest BCUT2D eigenvalue weighted by Crippen LogP contribution is -2.55. The first-order valence-electron chi connectivity index (χ1n) is 8.69. The zero-order chi connectivity index (χ0) is 17.6. The van der Waals surface area contributed by atoms with Crippen LogP contribution in [0.2, 0.25) is 0 Å². The standard InChI is InChI=1S/C18H24N2O5/c21-17(22)10-15-18(23)19-7-8-20(15)11-13-4-1-2-6-16(13)25-12-14-5-3-9-24-14/h1-2,4,6,14-15H,3,5,7-12H2,(H,19,23)(H,21,22). The maximum absolute atomic E-state index is 12.1. The summed E-state index contributed by atoms with van der Waals surface area (Å²) in [5, 5.41) is 11.8. The van der Waals surface area contributed by atoms with E-state index in [4.69, 9.17) is 14.6 Å². The average molecular weight is 348 g/mol. The van der Waals surface area contributed by atoms with E-state index in [2.05, 4.69) is 5.32 Å². The molecule has 7 nitrogen and oxygen atoms in total. The minimum absolute atomic E-state index is 0.133. The average Bonchev–Trinajstić information content (AvgIpc) is 3.10. The molecule has 1 aromatic carbocycles. The predicted octanol–water partition coefficient (Wildman–Crippen LogP) is 1.02. The summed E-state index contributed by atoms with van der Waals surface area (Å²) in [6.45, 7) is 2.91. The van der Waals surface area contributed by atoms with Crippen LogP contribution in [0.15, 0.2) is 24.3 Å². The number of nitrogens with one attached hydrogen (secondary N) is 1. The number of nitrogens with zero attached hydrogens (tertiary/aromatic N) is 1. The normalized spacial score (nSPS) is 24.1. The summed E-state index contributed by atoms with van der Waals surface area (Å²) in [4.78, 5) is 25.0. The zero-order valence-corrected chi connectivity index (χ0v) is 14.1. The Balaban J connectivity index is 1.67. The second kappa shape index (κ2) is 8.31. The maximum atomic E-state index is 12.1. The van der Waals surface area contributed by atoms with Crippen molar-refractivity contribution in [3.8, 4) is 5.75 Å². The Kier molecular flexibility index (Phi) is 5.88. The van der Waals surface area contributed by atoms with Crippen LogP contribution in [0.1, 0.15) is 24.8 Å². The minimum atomic E-state index is -0.977. The summed E-state index contributed by atoms with van der Waals surface area (Å²) in [7, 11) is 0. The molecule has 2 atom stereocenters. The van der Waals surface area contributed by atoms with E-state index < -0.39 is 12.0 Å². The van der Waals surface area contributed by atoms with Crippen LogP contribution in [-0.2, 0) is 20.9 Å². The monoisotopic (exact) mass is 348 g/mol. The fraction of sp³-hybridized carbons (Fsp3) is 0.556. The first-order chi connectivity index (χ1) is 12.1. The highest BCUT2D eigenvalue weighted by molar-refractivity contribution is 5.86. The summed E-state index contributed by atoms with van der Waals surface area (Å²) in [6, 6.07) is 7.03. The number of hydrogen-bond acceptors (Lipinski definition) is 5. The van der Waals surface area contributed by atoms with Crippen LogP contribution in [0.5, 0.6) is 5.75 Å². The molecule has 0 aromatic heterocycles. The van der Waals surface area contributed by atoms with Gasteiger partial charge in [-0.05, 0) is 18.9 Å². The van der Waals surface area contributed by atoms with Gasteiger partial charge >= 0.3 is 5.97 Å². The van der Waals surface area contributed by atoms with E-state index in [0.29, 0.717) is 26.2 Å². The fourth-order valence-corrected chi connectivity index (χ4v) is 3.29. The van der Waals surface area contributed by atoms with Crippen LogP contribution in [0, 0.1) is 0 Å². The molecule has 1 amide bonds. The molecule has 0 saturated carbocycles. The molecule has 0 aliphatic carbocycles. The molecule has 25 heavy (non-hydrogen) atoms. The van der Waals surface area contributed by atoms with Gasteiger partial charge in [0.05, 0.1) is 12.5 Å². The van der Waals surface area contributed by atoms with Crippen molar-refractivity contribution in [2.24, 2.45) is 0 Å². The molecule has 0 spiro atoms. The lowest BCUT2D eigenvalue weighted by atomic mass is 10.1. The number of hydrogen-bond donors (Lipinski definition) is 2. The Labute approximate surface area is 146 Å². The molecule has 2 saturated heterocycles.